The van der Waals surface area contributed by atoms with Crippen LogP contribution in [0.2, 0.25) is 0 Å². The fourth-order valence-corrected chi connectivity index (χ4v) is 4.78. The van der Waals surface area contributed by atoms with Crippen molar-refractivity contribution in [3.63, 3.8) is 0 Å². The summed E-state index contributed by atoms with van der Waals surface area (Å²) in [5.74, 6) is -1.08. The Morgan fingerprint density at radius 3 is 2.30 bits per heavy atom. The van der Waals surface area contributed by atoms with Gasteiger partial charge in [-0.2, -0.15) is 0 Å². The molecule has 0 bridgehead atoms. The maximum absolute atomic E-state index is 13.6. The van der Waals surface area contributed by atoms with Crippen molar-refractivity contribution >= 4 is 23.7 Å². The van der Waals surface area contributed by atoms with Gasteiger partial charge in [-0.15, -0.1) is 0 Å². The zero-order valence-corrected chi connectivity index (χ0v) is 16.9. The largest absolute Gasteiger partial charge is 0.298 e. The molecule has 2 atom stereocenters. The highest BCUT2D eigenvalue weighted by Crippen LogP contribution is 2.35. The Morgan fingerprint density at radius 2 is 1.57 bits per heavy atom. The zero-order chi connectivity index (χ0) is 21.0. The Morgan fingerprint density at radius 1 is 0.833 bits per heavy atom. The first-order valence-corrected chi connectivity index (χ1v) is 10.2. The van der Waals surface area contributed by atoms with Gasteiger partial charge in [0.05, 0.1) is 5.92 Å². The normalized spacial score (nSPS) is 19.5. The molecule has 0 heterocycles. The topological polar surface area (TPSA) is 34.1 Å². The van der Waals surface area contributed by atoms with E-state index in [9.17, 15) is 14.0 Å². The molecule has 0 spiro atoms. The van der Waals surface area contributed by atoms with E-state index >= 15 is 0 Å². The van der Waals surface area contributed by atoms with Crippen LogP contribution in [0.25, 0.3) is 12.2 Å². The smallest absolute Gasteiger partial charge is 0.187 e. The van der Waals surface area contributed by atoms with Gasteiger partial charge in [0.25, 0.3) is 0 Å². The van der Waals surface area contributed by atoms with E-state index in [2.05, 4.69) is 0 Å². The lowest BCUT2D eigenvalue weighted by atomic mass is 9.71. The molecule has 0 radical (unpaired) electrons. The molecule has 0 saturated carbocycles. The number of carbonyl (C=O) groups is 2. The van der Waals surface area contributed by atoms with Crippen LogP contribution in [0.5, 0.6) is 0 Å². The minimum absolute atomic E-state index is 0.0594. The first-order chi connectivity index (χ1) is 14.5. The lowest BCUT2D eigenvalue weighted by Crippen LogP contribution is -2.37. The van der Waals surface area contributed by atoms with Gasteiger partial charge < -0.3 is 0 Å². The Hall–Kier alpha value is -3.33. The second-order valence-corrected chi connectivity index (χ2v) is 8.41. The van der Waals surface area contributed by atoms with Gasteiger partial charge in [0.15, 0.2) is 11.6 Å². The van der Waals surface area contributed by atoms with E-state index < -0.39 is 5.92 Å². The van der Waals surface area contributed by atoms with Gasteiger partial charge in [-0.1, -0.05) is 68.5 Å². The van der Waals surface area contributed by atoms with Crippen LogP contribution in [0.15, 0.2) is 60.7 Å². The molecule has 5 rings (SSSR count). The van der Waals surface area contributed by atoms with E-state index in [1.54, 1.807) is 18.2 Å². The molecule has 2 aliphatic carbocycles. The van der Waals surface area contributed by atoms with Crippen LogP contribution in [0.4, 0.5) is 4.39 Å². The highest BCUT2D eigenvalue weighted by atomic mass is 19.1. The molecule has 0 saturated heterocycles. The third kappa shape index (κ3) is 2.77. The Kier molecular flexibility index (Phi) is 4.28. The van der Waals surface area contributed by atoms with Crippen LogP contribution in [-0.2, 0) is 4.79 Å². The molecular weight excluding hydrogens is 375 g/mol. The number of halogens is 1. The summed E-state index contributed by atoms with van der Waals surface area (Å²) in [6.07, 6.45) is 3.65. The van der Waals surface area contributed by atoms with Gasteiger partial charge >= 0.3 is 0 Å². The van der Waals surface area contributed by atoms with Crippen molar-refractivity contribution in [3.8, 4) is 0 Å². The minimum Gasteiger partial charge on any atom is -0.298 e. The summed E-state index contributed by atoms with van der Waals surface area (Å²) in [5.41, 5.74) is 2.06. The lowest BCUT2D eigenvalue weighted by molar-refractivity contribution is -0.122. The third-order valence-corrected chi connectivity index (χ3v) is 6.25. The van der Waals surface area contributed by atoms with Gasteiger partial charge in [-0.25, -0.2) is 4.39 Å². The molecule has 148 valence electrons. The highest BCUT2D eigenvalue weighted by molar-refractivity contribution is 6.19. The lowest BCUT2D eigenvalue weighted by Gasteiger charge is -2.30. The van der Waals surface area contributed by atoms with E-state index in [1.165, 1.54) is 12.1 Å². The predicted octanol–water partition coefficient (Wildman–Crippen LogP) is 3.86. The molecule has 2 unspecified atom stereocenters. The van der Waals surface area contributed by atoms with Crippen LogP contribution in [0, 0.1) is 28.1 Å². The molecule has 0 fully saturated rings. The Balaban J connectivity index is 1.93. The summed E-state index contributed by atoms with van der Waals surface area (Å²) in [6, 6.07) is 17.9. The number of fused-ring (bicyclic) bond motifs is 4. The van der Waals surface area contributed by atoms with Crippen LogP contribution in [0.1, 0.15) is 41.3 Å². The van der Waals surface area contributed by atoms with Gasteiger partial charge in [-0.3, -0.25) is 9.59 Å². The number of benzene rings is 3. The SMILES string of the molecule is CC(C)C1C=c2ccc3c(c2C(c2ccc(F)cc2)C1=O)C(=O)C=c1ccccc1=3. The molecule has 3 aromatic rings. The molecule has 0 N–H and O–H groups in total. The molecule has 0 aromatic heterocycles. The van der Waals surface area contributed by atoms with Crippen LogP contribution >= 0.6 is 0 Å². The second-order valence-electron chi connectivity index (χ2n) is 8.41. The van der Waals surface area contributed by atoms with E-state index in [0.29, 0.717) is 5.56 Å². The van der Waals surface area contributed by atoms with Crippen LogP contribution in [-0.4, -0.2) is 11.6 Å². The first-order valence-electron chi connectivity index (χ1n) is 10.2. The molecular formula is C27H21FO2. The molecule has 0 aliphatic heterocycles. The summed E-state index contributed by atoms with van der Waals surface area (Å²) in [5, 5.41) is 3.65. The summed E-state index contributed by atoms with van der Waals surface area (Å²) < 4.78 is 13.6. The first kappa shape index (κ1) is 18.7. The van der Waals surface area contributed by atoms with Crippen molar-refractivity contribution in [1.82, 2.24) is 0 Å². The van der Waals surface area contributed by atoms with Crippen molar-refractivity contribution in [1.29, 1.82) is 0 Å². The van der Waals surface area contributed by atoms with Crippen molar-refractivity contribution in [3.05, 3.63) is 104 Å². The number of Topliss-reactive ketones (excluding diaryl/α,β-unsaturated/α-hetero) is 2. The molecule has 2 nitrogen and oxygen atoms in total. The van der Waals surface area contributed by atoms with Crippen LogP contribution < -0.4 is 10.4 Å². The maximum atomic E-state index is 13.6. The van der Waals surface area contributed by atoms with E-state index in [0.717, 1.165) is 32.0 Å². The Bertz CT molecular complexity index is 1420. The number of carbonyl (C=O) groups excluding carboxylic acids is 2. The quantitative estimate of drug-likeness (QED) is 0.659. The average molecular weight is 396 g/mol. The van der Waals surface area contributed by atoms with Crippen LogP contribution in [0.3, 0.4) is 0 Å². The summed E-state index contributed by atoms with van der Waals surface area (Å²) in [4.78, 5) is 26.8. The van der Waals surface area contributed by atoms with Gasteiger partial charge in [0.2, 0.25) is 0 Å². The molecule has 3 heteroatoms. The molecule has 3 aromatic carbocycles. The summed E-state index contributed by atoms with van der Waals surface area (Å²) in [6.45, 7) is 4.05. The predicted molar refractivity (Wildman–Crippen MR) is 115 cm³/mol. The third-order valence-electron chi connectivity index (χ3n) is 6.25. The van der Waals surface area contributed by atoms with Gasteiger partial charge in [0.1, 0.15) is 5.82 Å². The summed E-state index contributed by atoms with van der Waals surface area (Å²) >= 11 is 0. The van der Waals surface area contributed by atoms with Gasteiger partial charge in [-0.05, 0) is 56.1 Å². The number of hydrogen-bond acceptors (Lipinski definition) is 2. The van der Waals surface area contributed by atoms with Crippen molar-refractivity contribution < 1.29 is 14.0 Å². The monoisotopic (exact) mass is 396 g/mol. The van der Waals surface area contributed by atoms with Gasteiger partial charge in [0, 0.05) is 11.5 Å². The van der Waals surface area contributed by atoms with E-state index in [-0.39, 0.29) is 29.2 Å². The number of rotatable bonds is 2. The van der Waals surface area contributed by atoms with Crippen molar-refractivity contribution in [2.75, 3.05) is 0 Å². The fourth-order valence-electron chi connectivity index (χ4n) is 4.78. The minimum atomic E-state index is -0.587. The molecule has 0 amide bonds. The number of hydrogen-bond donors (Lipinski definition) is 0. The molecule has 30 heavy (non-hydrogen) atoms. The van der Waals surface area contributed by atoms with E-state index in [1.807, 2.05) is 56.3 Å². The summed E-state index contributed by atoms with van der Waals surface area (Å²) in [7, 11) is 0. The average Bonchev–Trinajstić information content (AvgIpc) is 2.73. The standard InChI is InChI=1S/C27H21FO2/c1-15(2)22-13-18-9-12-21-20-6-4-3-5-17(20)14-23(29)26(21)24(18)25(27(22)30)16-7-10-19(28)11-8-16/h3-15,22,25H,1-2H3. The fraction of sp³-hybridized carbons (Fsp3) is 0.185. The molecule has 2 aliphatic rings. The van der Waals surface area contributed by atoms with Crippen molar-refractivity contribution in [2.24, 2.45) is 11.8 Å². The number of ketones is 2. The Labute approximate surface area is 173 Å². The van der Waals surface area contributed by atoms with Crippen molar-refractivity contribution in [2.45, 2.75) is 19.8 Å². The maximum Gasteiger partial charge on any atom is 0.187 e. The zero-order valence-electron chi connectivity index (χ0n) is 16.9. The second kappa shape index (κ2) is 6.88. The highest BCUT2D eigenvalue weighted by Gasteiger charge is 2.37. The van der Waals surface area contributed by atoms with E-state index in [4.69, 9.17) is 0 Å².